The number of amides is 1. The quantitative estimate of drug-likeness (QED) is 0.550. The van der Waals surface area contributed by atoms with Crippen LogP contribution in [0.25, 0.3) is 21.8 Å². The maximum absolute atomic E-state index is 13.5. The van der Waals surface area contributed by atoms with Crippen molar-refractivity contribution in [3.8, 4) is 0 Å². The van der Waals surface area contributed by atoms with Crippen LogP contribution in [0.3, 0.4) is 0 Å². The van der Waals surface area contributed by atoms with Crippen LogP contribution in [-0.2, 0) is 4.79 Å². The number of piperidine rings is 1. The van der Waals surface area contributed by atoms with Gasteiger partial charge in [0.1, 0.15) is 11.9 Å². The lowest BCUT2D eigenvalue weighted by atomic mass is 10.0. The van der Waals surface area contributed by atoms with E-state index in [9.17, 15) is 9.59 Å². The molecule has 1 aliphatic heterocycles. The normalized spacial score (nSPS) is 17.9. The van der Waals surface area contributed by atoms with E-state index in [2.05, 4.69) is 16.1 Å². The summed E-state index contributed by atoms with van der Waals surface area (Å²) in [5.74, 6) is 0.700. The van der Waals surface area contributed by atoms with E-state index >= 15 is 0 Å². The molecule has 2 aromatic carbocycles. The van der Waals surface area contributed by atoms with Crippen LogP contribution in [0.4, 0.5) is 0 Å². The molecule has 2 aromatic heterocycles. The zero-order valence-corrected chi connectivity index (χ0v) is 17.7. The van der Waals surface area contributed by atoms with Gasteiger partial charge < -0.3 is 9.88 Å². The number of carbonyl (C=O) groups is 1. The van der Waals surface area contributed by atoms with Crippen molar-refractivity contribution in [3.63, 3.8) is 0 Å². The summed E-state index contributed by atoms with van der Waals surface area (Å²) < 4.78 is 1.30. The molecule has 5 rings (SSSR count). The van der Waals surface area contributed by atoms with E-state index in [0.29, 0.717) is 11.9 Å². The zero-order chi connectivity index (χ0) is 21.5. The number of nitrogens with one attached hydrogen (secondary N) is 1. The number of imidazole rings is 1. The summed E-state index contributed by atoms with van der Waals surface area (Å²) in [6, 6.07) is 12.6. The summed E-state index contributed by atoms with van der Waals surface area (Å²) >= 11 is 0. The van der Waals surface area contributed by atoms with Crippen LogP contribution in [0.1, 0.15) is 49.7 Å². The van der Waals surface area contributed by atoms with Crippen LogP contribution in [0, 0.1) is 6.92 Å². The second-order valence-corrected chi connectivity index (χ2v) is 8.34. The topological polar surface area (TPSA) is 83.9 Å². The second kappa shape index (κ2) is 7.65. The molecular weight excluding hydrogens is 390 g/mol. The molecule has 31 heavy (non-hydrogen) atoms. The Morgan fingerprint density at radius 3 is 2.90 bits per heavy atom. The number of aryl methyl sites for hydroxylation is 1. The van der Waals surface area contributed by atoms with Crippen LogP contribution >= 0.6 is 0 Å². The molecule has 2 atom stereocenters. The Hall–Kier alpha value is -3.48. The fourth-order valence-corrected chi connectivity index (χ4v) is 4.51. The molecule has 0 aliphatic carbocycles. The standard InChI is InChI=1S/C24H25N5O2/c1-15-10-11-19-20(13-15)27-22(26-19)21-9-5-6-12-28(21)23(30)16(2)29-24(31)18-8-4-3-7-17(18)14-25-29/h3-4,7-8,10-11,13-14,16,21H,5-6,9,12H2,1-2H3,(H,26,27)/t16-,21+/m1/s1. The summed E-state index contributed by atoms with van der Waals surface area (Å²) in [6.07, 6.45) is 4.47. The first-order chi connectivity index (χ1) is 15.0. The van der Waals surface area contributed by atoms with E-state index in [0.717, 1.165) is 47.1 Å². The molecule has 0 unspecified atom stereocenters. The van der Waals surface area contributed by atoms with Gasteiger partial charge >= 0.3 is 0 Å². The zero-order valence-electron chi connectivity index (χ0n) is 17.7. The van der Waals surface area contributed by atoms with Crippen molar-refractivity contribution in [2.75, 3.05) is 6.54 Å². The molecule has 1 N–H and O–H groups in total. The predicted molar refractivity (Wildman–Crippen MR) is 120 cm³/mol. The maximum atomic E-state index is 13.5. The SMILES string of the molecule is Cc1ccc2nc([C@@H]3CCCCN3C(=O)[C@@H](C)n3ncc4ccccc4c3=O)[nH]c2c1. The molecule has 0 bridgehead atoms. The van der Waals surface area contributed by atoms with Crippen molar-refractivity contribution in [2.45, 2.75) is 45.2 Å². The summed E-state index contributed by atoms with van der Waals surface area (Å²) in [6.45, 7) is 4.44. The van der Waals surface area contributed by atoms with Gasteiger partial charge in [-0.25, -0.2) is 9.67 Å². The predicted octanol–water partition coefficient (Wildman–Crippen LogP) is 3.90. The molecule has 158 valence electrons. The van der Waals surface area contributed by atoms with Crippen molar-refractivity contribution in [3.05, 3.63) is 70.4 Å². The summed E-state index contributed by atoms with van der Waals surface area (Å²) in [4.78, 5) is 36.5. The summed E-state index contributed by atoms with van der Waals surface area (Å²) in [5, 5.41) is 5.64. The molecule has 1 amide bonds. The van der Waals surface area contributed by atoms with Gasteiger partial charge in [-0.15, -0.1) is 0 Å². The highest BCUT2D eigenvalue weighted by Gasteiger charge is 2.34. The van der Waals surface area contributed by atoms with Crippen LogP contribution in [0.15, 0.2) is 53.5 Å². The first kappa shape index (κ1) is 19.5. The van der Waals surface area contributed by atoms with Crippen molar-refractivity contribution in [2.24, 2.45) is 0 Å². The lowest BCUT2D eigenvalue weighted by molar-refractivity contribution is -0.138. The molecule has 0 saturated carbocycles. The monoisotopic (exact) mass is 415 g/mol. The Morgan fingerprint density at radius 2 is 2.03 bits per heavy atom. The lowest BCUT2D eigenvalue weighted by Crippen LogP contribution is -2.44. The highest BCUT2D eigenvalue weighted by Crippen LogP contribution is 2.32. The van der Waals surface area contributed by atoms with Gasteiger partial charge in [-0.1, -0.05) is 24.3 Å². The molecule has 1 aliphatic rings. The van der Waals surface area contributed by atoms with Crippen LogP contribution in [0.2, 0.25) is 0 Å². The summed E-state index contributed by atoms with van der Waals surface area (Å²) in [7, 11) is 0. The number of aromatic nitrogens is 4. The summed E-state index contributed by atoms with van der Waals surface area (Å²) in [5.41, 5.74) is 2.80. The average molecular weight is 415 g/mol. The van der Waals surface area contributed by atoms with Gasteiger partial charge in [0.2, 0.25) is 5.91 Å². The number of H-pyrrole nitrogens is 1. The number of hydrogen-bond donors (Lipinski definition) is 1. The number of nitrogens with zero attached hydrogens (tertiary/aromatic N) is 4. The molecule has 3 heterocycles. The van der Waals surface area contributed by atoms with Crippen molar-refractivity contribution in [1.29, 1.82) is 0 Å². The number of likely N-dealkylation sites (tertiary alicyclic amines) is 1. The van der Waals surface area contributed by atoms with Gasteiger partial charge in [-0.2, -0.15) is 5.10 Å². The number of benzene rings is 2. The Labute approximate surface area is 179 Å². The van der Waals surface area contributed by atoms with E-state index in [1.165, 1.54) is 4.68 Å². The van der Waals surface area contributed by atoms with Gasteiger partial charge in [0, 0.05) is 11.9 Å². The minimum Gasteiger partial charge on any atom is -0.340 e. The van der Waals surface area contributed by atoms with Crippen molar-refractivity contribution in [1.82, 2.24) is 24.6 Å². The molecule has 0 spiro atoms. The minimum atomic E-state index is -0.690. The Bertz CT molecular complexity index is 1340. The smallest absolute Gasteiger partial charge is 0.275 e. The first-order valence-corrected chi connectivity index (χ1v) is 10.8. The van der Waals surface area contributed by atoms with E-state index < -0.39 is 6.04 Å². The molecule has 0 radical (unpaired) electrons. The van der Waals surface area contributed by atoms with Crippen molar-refractivity contribution >= 4 is 27.7 Å². The Kier molecular flexibility index (Phi) is 4.81. The van der Waals surface area contributed by atoms with Crippen LogP contribution < -0.4 is 5.56 Å². The van der Waals surface area contributed by atoms with Crippen LogP contribution in [0.5, 0.6) is 0 Å². The van der Waals surface area contributed by atoms with E-state index in [4.69, 9.17) is 4.98 Å². The van der Waals surface area contributed by atoms with E-state index in [1.807, 2.05) is 42.2 Å². The third-order valence-corrected chi connectivity index (χ3v) is 6.20. The molecule has 1 saturated heterocycles. The third-order valence-electron chi connectivity index (χ3n) is 6.20. The number of fused-ring (bicyclic) bond motifs is 2. The van der Waals surface area contributed by atoms with Gasteiger partial charge in [-0.05, 0) is 56.9 Å². The highest BCUT2D eigenvalue weighted by atomic mass is 16.2. The molecule has 7 nitrogen and oxygen atoms in total. The molecule has 7 heteroatoms. The van der Waals surface area contributed by atoms with Gasteiger partial charge in [-0.3, -0.25) is 9.59 Å². The molecule has 1 fully saturated rings. The van der Waals surface area contributed by atoms with Gasteiger partial charge in [0.05, 0.1) is 28.7 Å². The number of rotatable bonds is 3. The third kappa shape index (κ3) is 3.40. The van der Waals surface area contributed by atoms with Crippen LogP contribution in [-0.4, -0.2) is 37.1 Å². The Morgan fingerprint density at radius 1 is 1.19 bits per heavy atom. The van der Waals surface area contributed by atoms with Gasteiger partial charge in [0.15, 0.2) is 0 Å². The van der Waals surface area contributed by atoms with Crippen molar-refractivity contribution < 1.29 is 4.79 Å². The number of carbonyl (C=O) groups excluding carboxylic acids is 1. The average Bonchev–Trinajstić information content (AvgIpc) is 3.21. The molecular formula is C24H25N5O2. The first-order valence-electron chi connectivity index (χ1n) is 10.8. The molecule has 4 aromatic rings. The minimum absolute atomic E-state index is 0.105. The Balaban J connectivity index is 1.49. The van der Waals surface area contributed by atoms with E-state index in [-0.39, 0.29) is 17.5 Å². The second-order valence-electron chi connectivity index (χ2n) is 8.34. The fraction of sp³-hybridized carbons (Fsp3) is 0.333. The highest BCUT2D eigenvalue weighted by molar-refractivity contribution is 5.83. The lowest BCUT2D eigenvalue weighted by Gasteiger charge is -2.36. The van der Waals surface area contributed by atoms with Gasteiger partial charge in [0.25, 0.3) is 5.56 Å². The fourth-order valence-electron chi connectivity index (χ4n) is 4.51. The number of aromatic amines is 1. The maximum Gasteiger partial charge on any atom is 0.275 e. The number of hydrogen-bond acceptors (Lipinski definition) is 4. The van der Waals surface area contributed by atoms with E-state index in [1.54, 1.807) is 19.2 Å². The largest absolute Gasteiger partial charge is 0.340 e.